The van der Waals surface area contributed by atoms with Crippen molar-refractivity contribution in [2.24, 2.45) is 0 Å². The normalized spacial score (nSPS) is 10.1. The molecule has 0 heterocycles. The van der Waals surface area contributed by atoms with Gasteiger partial charge < -0.3 is 0 Å². The van der Waals surface area contributed by atoms with Crippen LogP contribution in [0.1, 0.15) is 18.1 Å². The Labute approximate surface area is 116 Å². The summed E-state index contributed by atoms with van der Waals surface area (Å²) in [5.74, 6) is 0. The summed E-state index contributed by atoms with van der Waals surface area (Å²) >= 11 is 7.65. The molecule has 0 radical (unpaired) electrons. The minimum absolute atomic E-state index is 0.507. The summed E-state index contributed by atoms with van der Waals surface area (Å²) in [4.78, 5) is 2.22. The highest BCUT2D eigenvalue weighted by atomic mass is 35.5. The maximum Gasteiger partial charge on any atom is 0.101 e. The van der Waals surface area contributed by atoms with Crippen LogP contribution in [0.4, 0.5) is 0 Å². The number of hydrogen-bond acceptors (Lipinski definition) is 2. The van der Waals surface area contributed by atoms with Gasteiger partial charge in [-0.05, 0) is 42.3 Å². The maximum absolute atomic E-state index is 8.82. The monoisotopic (exact) mass is 273 g/mol. The lowest BCUT2D eigenvalue weighted by Gasteiger charge is -2.04. The average Bonchev–Trinajstić information content (AvgIpc) is 2.40. The third kappa shape index (κ3) is 3.07. The van der Waals surface area contributed by atoms with Crippen LogP contribution in [0.2, 0.25) is 5.02 Å². The zero-order valence-corrected chi connectivity index (χ0v) is 11.6. The highest BCUT2D eigenvalue weighted by Gasteiger charge is 2.02. The Balaban J connectivity index is 2.18. The molecule has 0 saturated heterocycles. The van der Waals surface area contributed by atoms with E-state index in [2.05, 4.69) is 37.3 Å². The quantitative estimate of drug-likeness (QED) is 0.792. The van der Waals surface area contributed by atoms with Gasteiger partial charge in [-0.15, -0.1) is 0 Å². The molecule has 0 spiro atoms. The van der Waals surface area contributed by atoms with Crippen LogP contribution in [0.3, 0.4) is 0 Å². The Morgan fingerprint density at radius 2 is 1.78 bits per heavy atom. The molecule has 0 fully saturated rings. The largest absolute Gasteiger partial charge is 0.192 e. The molecule has 0 saturated carbocycles. The van der Waals surface area contributed by atoms with E-state index in [9.17, 15) is 0 Å². The summed E-state index contributed by atoms with van der Waals surface area (Å²) in [6.45, 7) is 2.14. The van der Waals surface area contributed by atoms with Crippen LogP contribution in [-0.4, -0.2) is 0 Å². The second-order valence-electron chi connectivity index (χ2n) is 3.85. The van der Waals surface area contributed by atoms with Crippen LogP contribution < -0.4 is 0 Å². The van der Waals surface area contributed by atoms with Crippen LogP contribution in [0.15, 0.2) is 52.3 Å². The van der Waals surface area contributed by atoms with Gasteiger partial charge in [0.2, 0.25) is 0 Å². The molecule has 2 aromatic rings. The first-order valence-electron chi connectivity index (χ1n) is 5.69. The Bertz CT molecular complexity index is 584. The summed E-state index contributed by atoms with van der Waals surface area (Å²) < 4.78 is 0. The number of rotatable bonds is 3. The van der Waals surface area contributed by atoms with Gasteiger partial charge in [-0.25, -0.2) is 0 Å². The first-order valence-corrected chi connectivity index (χ1v) is 6.89. The second-order valence-corrected chi connectivity index (χ2v) is 5.41. The molecule has 1 nitrogen and oxygen atoms in total. The van der Waals surface area contributed by atoms with Crippen LogP contribution >= 0.6 is 23.4 Å². The molecule has 0 amide bonds. The Hall–Kier alpha value is -1.43. The molecule has 0 unspecified atom stereocenters. The van der Waals surface area contributed by atoms with E-state index in [0.717, 1.165) is 11.3 Å². The fraction of sp³-hybridized carbons (Fsp3) is 0.133. The predicted octanol–water partition coefficient (Wildman–Crippen LogP) is 4.93. The smallest absolute Gasteiger partial charge is 0.101 e. The first-order chi connectivity index (χ1) is 8.72. The van der Waals surface area contributed by atoms with Crippen molar-refractivity contribution in [2.75, 3.05) is 0 Å². The van der Waals surface area contributed by atoms with E-state index < -0.39 is 0 Å². The Morgan fingerprint density at radius 1 is 1.11 bits per heavy atom. The number of halogens is 1. The van der Waals surface area contributed by atoms with Gasteiger partial charge >= 0.3 is 0 Å². The first kappa shape index (κ1) is 13.0. The number of hydrogen-bond donors (Lipinski definition) is 0. The van der Waals surface area contributed by atoms with E-state index in [0.29, 0.717) is 10.6 Å². The number of benzene rings is 2. The lowest BCUT2D eigenvalue weighted by molar-refractivity contribution is 1.13. The van der Waals surface area contributed by atoms with Crippen molar-refractivity contribution in [1.29, 1.82) is 5.26 Å². The van der Waals surface area contributed by atoms with Crippen molar-refractivity contribution < 1.29 is 0 Å². The van der Waals surface area contributed by atoms with Gasteiger partial charge in [-0.3, -0.25) is 0 Å². The lowest BCUT2D eigenvalue weighted by atomic mass is 10.2. The van der Waals surface area contributed by atoms with Crippen LogP contribution in [-0.2, 0) is 6.42 Å². The van der Waals surface area contributed by atoms with E-state index in [-0.39, 0.29) is 0 Å². The van der Waals surface area contributed by atoms with Crippen molar-refractivity contribution in [3.8, 4) is 6.07 Å². The molecule has 2 aromatic carbocycles. The Morgan fingerprint density at radius 3 is 2.33 bits per heavy atom. The van der Waals surface area contributed by atoms with Gasteiger partial charge in [-0.2, -0.15) is 5.26 Å². The Kier molecular flexibility index (Phi) is 4.30. The minimum atomic E-state index is 0.507. The molecule has 2 rings (SSSR count). The predicted molar refractivity (Wildman–Crippen MR) is 76.1 cm³/mol. The van der Waals surface area contributed by atoms with Crippen molar-refractivity contribution in [3.63, 3.8) is 0 Å². The van der Waals surface area contributed by atoms with E-state index in [1.54, 1.807) is 17.8 Å². The highest BCUT2D eigenvalue weighted by molar-refractivity contribution is 7.99. The molecule has 90 valence electrons. The molecule has 0 aliphatic carbocycles. The van der Waals surface area contributed by atoms with Gasteiger partial charge in [0, 0.05) is 9.79 Å². The van der Waals surface area contributed by atoms with Crippen molar-refractivity contribution in [1.82, 2.24) is 0 Å². The van der Waals surface area contributed by atoms with E-state index in [4.69, 9.17) is 16.9 Å². The van der Waals surface area contributed by atoms with Gasteiger partial charge in [0.15, 0.2) is 0 Å². The summed E-state index contributed by atoms with van der Waals surface area (Å²) in [6.07, 6.45) is 1.05. The zero-order valence-electron chi connectivity index (χ0n) is 9.98. The fourth-order valence-corrected chi connectivity index (χ4v) is 2.72. The fourth-order valence-electron chi connectivity index (χ4n) is 1.58. The molecule has 0 aliphatic rings. The molecule has 0 N–H and O–H groups in total. The zero-order chi connectivity index (χ0) is 13.0. The van der Waals surface area contributed by atoms with Gasteiger partial charge in [0.1, 0.15) is 6.07 Å². The van der Waals surface area contributed by atoms with Gasteiger partial charge in [-0.1, -0.05) is 42.4 Å². The topological polar surface area (TPSA) is 23.8 Å². The SMILES string of the molecule is CCc1ccc(Sc2ccc(C#N)c(Cl)c2)cc1. The summed E-state index contributed by atoms with van der Waals surface area (Å²) in [5, 5.41) is 9.32. The number of nitrogens with zero attached hydrogens (tertiary/aromatic N) is 1. The van der Waals surface area contributed by atoms with Crippen molar-refractivity contribution >= 4 is 23.4 Å². The average molecular weight is 274 g/mol. The van der Waals surface area contributed by atoms with E-state index in [1.165, 1.54) is 10.5 Å². The molecular weight excluding hydrogens is 262 g/mol. The maximum atomic E-state index is 8.82. The molecule has 3 heteroatoms. The second kappa shape index (κ2) is 5.95. The molecule has 0 aromatic heterocycles. The van der Waals surface area contributed by atoms with Gasteiger partial charge in [0.05, 0.1) is 10.6 Å². The van der Waals surface area contributed by atoms with Crippen LogP contribution in [0.25, 0.3) is 0 Å². The molecule has 0 aliphatic heterocycles. The lowest BCUT2D eigenvalue weighted by Crippen LogP contribution is -1.81. The number of nitriles is 1. The third-order valence-electron chi connectivity index (χ3n) is 2.63. The van der Waals surface area contributed by atoms with Crippen molar-refractivity contribution in [3.05, 3.63) is 58.6 Å². The van der Waals surface area contributed by atoms with Gasteiger partial charge in [0.25, 0.3) is 0 Å². The summed E-state index contributed by atoms with van der Waals surface area (Å²) in [7, 11) is 0. The van der Waals surface area contributed by atoms with Crippen LogP contribution in [0.5, 0.6) is 0 Å². The molecular formula is C15H12ClNS. The third-order valence-corrected chi connectivity index (χ3v) is 3.94. The highest BCUT2D eigenvalue weighted by Crippen LogP contribution is 2.30. The molecule has 18 heavy (non-hydrogen) atoms. The molecule has 0 atom stereocenters. The minimum Gasteiger partial charge on any atom is -0.192 e. The van der Waals surface area contributed by atoms with E-state index in [1.807, 2.05) is 12.1 Å². The standard InChI is InChI=1S/C15H12ClNS/c1-2-11-3-6-13(7-4-11)18-14-8-5-12(10-17)15(16)9-14/h3-9H,2H2,1H3. The van der Waals surface area contributed by atoms with E-state index >= 15 is 0 Å². The van der Waals surface area contributed by atoms with Crippen LogP contribution in [0, 0.1) is 11.3 Å². The summed E-state index contributed by atoms with van der Waals surface area (Å²) in [5.41, 5.74) is 1.85. The molecule has 0 bridgehead atoms. The van der Waals surface area contributed by atoms with Crippen molar-refractivity contribution in [2.45, 2.75) is 23.1 Å². The number of aryl methyl sites for hydroxylation is 1. The summed E-state index contributed by atoms with van der Waals surface area (Å²) in [6, 6.07) is 16.0.